The van der Waals surface area contributed by atoms with E-state index < -0.39 is 0 Å². The van der Waals surface area contributed by atoms with Gasteiger partial charge in [0.15, 0.2) is 5.78 Å². The van der Waals surface area contributed by atoms with Crippen LogP contribution < -0.4 is 10.2 Å². The minimum atomic E-state index is -0.340. The van der Waals surface area contributed by atoms with Crippen molar-refractivity contribution in [2.75, 3.05) is 10.2 Å². The Labute approximate surface area is 170 Å². The fourth-order valence-electron chi connectivity index (χ4n) is 4.17. The van der Waals surface area contributed by atoms with E-state index in [4.69, 9.17) is 0 Å². The smallest absolute Gasteiger partial charge is 0.227 e. The molecule has 2 aliphatic rings. The minimum Gasteiger partial charge on any atom is -0.357 e. The zero-order chi connectivity index (χ0) is 19.5. The Morgan fingerprint density at radius 1 is 1.18 bits per heavy atom. The van der Waals surface area contributed by atoms with Crippen molar-refractivity contribution in [1.29, 1.82) is 0 Å². The van der Waals surface area contributed by atoms with E-state index in [0.717, 1.165) is 59.6 Å². The maximum absolute atomic E-state index is 13.4. The number of hydrogen-bond acceptors (Lipinski definition) is 4. The van der Waals surface area contributed by atoms with Crippen LogP contribution in [0.1, 0.15) is 62.8 Å². The topological polar surface area (TPSA) is 49.4 Å². The Bertz CT molecular complexity index is 901. The molecule has 4 rings (SSSR count). The normalized spacial score (nSPS) is 19.0. The van der Waals surface area contributed by atoms with Gasteiger partial charge in [0.25, 0.3) is 0 Å². The first kappa shape index (κ1) is 18.9. The number of rotatable bonds is 5. The van der Waals surface area contributed by atoms with E-state index in [0.29, 0.717) is 12.8 Å². The number of allylic oxidation sites excluding steroid dienone is 1. The Hall–Kier alpha value is -2.40. The summed E-state index contributed by atoms with van der Waals surface area (Å²) < 4.78 is 0. The molecule has 2 aromatic rings. The predicted octanol–water partition coefficient (Wildman–Crippen LogP) is 5.84. The Kier molecular flexibility index (Phi) is 5.62. The van der Waals surface area contributed by atoms with Crippen LogP contribution in [0, 0.1) is 0 Å². The van der Waals surface area contributed by atoms with Crippen molar-refractivity contribution in [3.8, 4) is 0 Å². The highest BCUT2D eigenvalue weighted by molar-refractivity contribution is 7.10. The maximum atomic E-state index is 13.4. The van der Waals surface area contributed by atoms with Gasteiger partial charge in [-0.1, -0.05) is 38.0 Å². The molecule has 4 nitrogen and oxygen atoms in total. The zero-order valence-corrected chi connectivity index (χ0v) is 17.1. The van der Waals surface area contributed by atoms with E-state index in [1.807, 2.05) is 46.7 Å². The van der Waals surface area contributed by atoms with E-state index >= 15 is 0 Å². The van der Waals surface area contributed by atoms with E-state index in [1.165, 1.54) is 0 Å². The molecule has 0 saturated heterocycles. The van der Waals surface area contributed by atoms with Gasteiger partial charge in [-0.3, -0.25) is 14.5 Å². The summed E-state index contributed by atoms with van der Waals surface area (Å²) >= 11 is 1.61. The van der Waals surface area contributed by atoms with Gasteiger partial charge in [0.05, 0.1) is 11.4 Å². The fourth-order valence-corrected chi connectivity index (χ4v) is 5.00. The number of nitrogens with zero attached hydrogens (tertiary/aromatic N) is 1. The van der Waals surface area contributed by atoms with Crippen LogP contribution in [0.15, 0.2) is 53.0 Å². The first-order chi connectivity index (χ1) is 13.7. The molecule has 1 aromatic carbocycles. The highest BCUT2D eigenvalue weighted by Crippen LogP contribution is 2.46. The molecule has 1 aliphatic heterocycles. The summed E-state index contributed by atoms with van der Waals surface area (Å²) in [5.74, 6) is 0.250. The van der Waals surface area contributed by atoms with E-state index in [2.05, 4.69) is 12.2 Å². The highest BCUT2D eigenvalue weighted by atomic mass is 32.1. The number of fused-ring (bicyclic) bond motifs is 1. The van der Waals surface area contributed by atoms with Gasteiger partial charge in [0.2, 0.25) is 5.91 Å². The first-order valence-electron chi connectivity index (χ1n) is 10.2. The SMILES string of the molecule is CCCCCC(=O)N1c2ccccc2NC2=C(C(=O)CCC2)[C@@H]1c1cccs1. The number of para-hydroxylation sites is 2. The average molecular weight is 395 g/mol. The Morgan fingerprint density at radius 2 is 2.04 bits per heavy atom. The number of hydrogen-bond donors (Lipinski definition) is 1. The second kappa shape index (κ2) is 8.31. The Balaban J connectivity index is 1.87. The van der Waals surface area contributed by atoms with Crippen molar-refractivity contribution in [1.82, 2.24) is 0 Å². The molecule has 0 saturated carbocycles. The lowest BCUT2D eigenvalue weighted by Crippen LogP contribution is -2.37. The van der Waals surface area contributed by atoms with Gasteiger partial charge in [0, 0.05) is 29.0 Å². The van der Waals surface area contributed by atoms with Crippen molar-refractivity contribution in [2.45, 2.75) is 57.9 Å². The zero-order valence-electron chi connectivity index (χ0n) is 16.2. The second-order valence-corrected chi connectivity index (χ2v) is 8.43. The molecular weight excluding hydrogens is 368 g/mol. The molecule has 0 unspecified atom stereocenters. The van der Waals surface area contributed by atoms with Gasteiger partial charge < -0.3 is 5.32 Å². The van der Waals surface area contributed by atoms with Crippen molar-refractivity contribution >= 4 is 34.4 Å². The number of benzene rings is 1. The summed E-state index contributed by atoms with van der Waals surface area (Å²) in [7, 11) is 0. The van der Waals surface area contributed by atoms with Gasteiger partial charge in [-0.2, -0.15) is 0 Å². The molecular formula is C23H26N2O2S. The summed E-state index contributed by atoms with van der Waals surface area (Å²) in [5, 5.41) is 5.53. The third-order valence-electron chi connectivity index (χ3n) is 5.51. The number of carbonyl (C=O) groups excluding carboxylic acids is 2. The monoisotopic (exact) mass is 394 g/mol. The molecule has 1 amide bonds. The number of carbonyl (C=O) groups is 2. The third kappa shape index (κ3) is 3.51. The summed E-state index contributed by atoms with van der Waals surface area (Å²) in [4.78, 5) is 29.4. The summed E-state index contributed by atoms with van der Waals surface area (Å²) in [6.45, 7) is 2.14. The lowest BCUT2D eigenvalue weighted by Gasteiger charge is -2.33. The van der Waals surface area contributed by atoms with E-state index in [1.54, 1.807) is 11.3 Å². The molecule has 2 heterocycles. The van der Waals surface area contributed by atoms with E-state index in [9.17, 15) is 9.59 Å². The molecule has 28 heavy (non-hydrogen) atoms. The molecule has 0 radical (unpaired) electrons. The van der Waals surface area contributed by atoms with Gasteiger partial charge in [0.1, 0.15) is 6.04 Å². The van der Waals surface area contributed by atoms with Crippen LogP contribution in [0.3, 0.4) is 0 Å². The quantitative estimate of drug-likeness (QED) is 0.649. The molecule has 0 bridgehead atoms. The van der Waals surface area contributed by atoms with Crippen LogP contribution >= 0.6 is 11.3 Å². The second-order valence-electron chi connectivity index (χ2n) is 7.45. The maximum Gasteiger partial charge on any atom is 0.227 e. The number of Topliss-reactive ketones (excluding diaryl/α,β-unsaturated/α-hetero) is 1. The number of nitrogens with one attached hydrogen (secondary N) is 1. The molecule has 1 aromatic heterocycles. The lowest BCUT2D eigenvalue weighted by molar-refractivity contribution is -0.119. The minimum absolute atomic E-state index is 0.0909. The molecule has 1 atom stereocenters. The van der Waals surface area contributed by atoms with Gasteiger partial charge >= 0.3 is 0 Å². The van der Waals surface area contributed by atoms with E-state index in [-0.39, 0.29) is 17.7 Å². The molecule has 1 aliphatic carbocycles. The van der Waals surface area contributed by atoms with Crippen LogP contribution in [0.25, 0.3) is 0 Å². The number of anilines is 2. The molecule has 0 spiro atoms. The van der Waals surface area contributed by atoms with Gasteiger partial charge in [-0.15, -0.1) is 11.3 Å². The number of ketones is 1. The van der Waals surface area contributed by atoms with Crippen LogP contribution in [-0.4, -0.2) is 11.7 Å². The molecule has 146 valence electrons. The van der Waals surface area contributed by atoms with Gasteiger partial charge in [-0.05, 0) is 42.8 Å². The molecule has 1 N–H and O–H groups in total. The van der Waals surface area contributed by atoms with Crippen molar-refractivity contribution < 1.29 is 9.59 Å². The molecule has 0 fully saturated rings. The van der Waals surface area contributed by atoms with Gasteiger partial charge in [-0.25, -0.2) is 0 Å². The van der Waals surface area contributed by atoms with Crippen LogP contribution in [0.4, 0.5) is 11.4 Å². The number of thiophene rings is 1. The largest absolute Gasteiger partial charge is 0.357 e. The summed E-state index contributed by atoms with van der Waals surface area (Å²) in [5.41, 5.74) is 3.52. The average Bonchev–Trinajstić information content (AvgIpc) is 3.17. The molecule has 5 heteroatoms. The summed E-state index contributed by atoms with van der Waals surface area (Å²) in [6.07, 6.45) is 5.74. The summed E-state index contributed by atoms with van der Waals surface area (Å²) in [6, 6.07) is 11.6. The van der Waals surface area contributed by atoms with Crippen LogP contribution in [0.2, 0.25) is 0 Å². The standard InChI is InChI=1S/C23H26N2O2S/c1-2-3-4-14-21(27)25-18-11-6-5-9-16(18)24-17-10-7-12-19(26)22(17)23(25)20-13-8-15-28-20/h5-6,8-9,11,13,15,23-24H,2-4,7,10,12,14H2,1H3/t23-/m0/s1. The first-order valence-corrected chi connectivity index (χ1v) is 11.1. The van der Waals surface area contributed by atoms with Crippen LogP contribution in [-0.2, 0) is 9.59 Å². The number of unbranched alkanes of at least 4 members (excludes halogenated alkanes) is 2. The van der Waals surface area contributed by atoms with Crippen molar-refractivity contribution in [3.63, 3.8) is 0 Å². The van der Waals surface area contributed by atoms with Crippen LogP contribution in [0.5, 0.6) is 0 Å². The Morgan fingerprint density at radius 3 is 2.82 bits per heavy atom. The lowest BCUT2D eigenvalue weighted by atomic mass is 9.88. The predicted molar refractivity (Wildman–Crippen MR) is 115 cm³/mol. The van der Waals surface area contributed by atoms with Crippen molar-refractivity contribution in [3.05, 3.63) is 57.9 Å². The highest BCUT2D eigenvalue weighted by Gasteiger charge is 2.39. The van der Waals surface area contributed by atoms with Crippen molar-refractivity contribution in [2.24, 2.45) is 0 Å². The fraction of sp³-hybridized carbons (Fsp3) is 0.391. The third-order valence-corrected chi connectivity index (χ3v) is 6.44. The number of amides is 1.